The average molecular weight is 301 g/mol. The van der Waals surface area contributed by atoms with Crippen molar-refractivity contribution in [3.05, 3.63) is 34.6 Å². The van der Waals surface area contributed by atoms with Gasteiger partial charge in [0.15, 0.2) is 0 Å². The molecule has 6 heteroatoms. The molecule has 1 aliphatic rings. The predicted molar refractivity (Wildman–Crippen MR) is 80.0 cm³/mol. The van der Waals surface area contributed by atoms with Crippen molar-refractivity contribution in [1.29, 1.82) is 0 Å². The molecule has 0 radical (unpaired) electrons. The third-order valence-corrected chi connectivity index (χ3v) is 4.37. The van der Waals surface area contributed by atoms with Gasteiger partial charge in [0.2, 0.25) is 0 Å². The Morgan fingerprint density at radius 2 is 2.20 bits per heavy atom. The van der Waals surface area contributed by atoms with Gasteiger partial charge in [0.05, 0.1) is 0 Å². The number of benzene rings is 1. The van der Waals surface area contributed by atoms with Gasteiger partial charge in [-0.15, -0.1) is 0 Å². The summed E-state index contributed by atoms with van der Waals surface area (Å²) in [6, 6.07) is 4.61. The predicted octanol–water partition coefficient (Wildman–Crippen LogP) is 1.62. The zero-order valence-corrected chi connectivity index (χ0v) is 12.7. The number of rotatable bonds is 4. The lowest BCUT2D eigenvalue weighted by Crippen LogP contribution is -2.51. The Balaban J connectivity index is 2.13. The van der Waals surface area contributed by atoms with Gasteiger partial charge in [0, 0.05) is 36.7 Å². The Bertz CT molecular complexity index is 457. The van der Waals surface area contributed by atoms with Crippen LogP contribution in [0.2, 0.25) is 5.02 Å². The average Bonchev–Trinajstić information content (AvgIpc) is 2.42. The first-order chi connectivity index (χ1) is 9.51. The highest BCUT2D eigenvalue weighted by atomic mass is 35.5. The molecule has 1 aromatic rings. The van der Waals surface area contributed by atoms with E-state index in [0.717, 1.165) is 31.6 Å². The van der Waals surface area contributed by atoms with Gasteiger partial charge in [-0.25, -0.2) is 4.39 Å². The van der Waals surface area contributed by atoms with Gasteiger partial charge in [0.1, 0.15) is 5.82 Å². The summed E-state index contributed by atoms with van der Waals surface area (Å²) < 4.78 is 13.4. The van der Waals surface area contributed by atoms with Crippen LogP contribution >= 0.6 is 11.6 Å². The number of nitrogens with zero attached hydrogens (tertiary/aromatic N) is 2. The van der Waals surface area contributed by atoms with E-state index >= 15 is 0 Å². The van der Waals surface area contributed by atoms with Gasteiger partial charge in [-0.1, -0.05) is 11.6 Å². The van der Waals surface area contributed by atoms with E-state index in [1.165, 1.54) is 12.1 Å². The summed E-state index contributed by atoms with van der Waals surface area (Å²) in [7, 11) is 4.22. The molecule has 2 unspecified atom stereocenters. The van der Waals surface area contributed by atoms with Crippen molar-refractivity contribution >= 4 is 11.6 Å². The molecule has 4 nitrogen and oxygen atoms in total. The largest absolute Gasteiger partial charge is 0.304 e. The van der Waals surface area contributed by atoms with Crippen LogP contribution < -0.4 is 11.3 Å². The van der Waals surface area contributed by atoms with Gasteiger partial charge in [-0.05, 0) is 44.3 Å². The molecule has 0 bridgehead atoms. The summed E-state index contributed by atoms with van der Waals surface area (Å²) in [4.78, 5) is 4.61. The molecule has 0 saturated carbocycles. The van der Waals surface area contributed by atoms with E-state index in [9.17, 15) is 4.39 Å². The van der Waals surface area contributed by atoms with E-state index < -0.39 is 0 Å². The van der Waals surface area contributed by atoms with E-state index in [1.54, 1.807) is 6.07 Å². The first-order valence-corrected chi connectivity index (χ1v) is 7.19. The zero-order chi connectivity index (χ0) is 14.7. The van der Waals surface area contributed by atoms with Crippen LogP contribution in [0.3, 0.4) is 0 Å². The summed E-state index contributed by atoms with van der Waals surface area (Å²) in [6.07, 6.45) is 0.792. The van der Waals surface area contributed by atoms with E-state index in [2.05, 4.69) is 29.3 Å². The molecule has 1 aromatic carbocycles. The molecule has 0 aliphatic carbocycles. The molecule has 1 saturated heterocycles. The SMILES string of the molecule is CN1CCN(C)C(CC(NN)c2cc(F)ccc2Cl)C1. The third kappa shape index (κ3) is 3.68. The molecule has 2 atom stereocenters. The van der Waals surface area contributed by atoms with Crippen LogP contribution in [0.1, 0.15) is 18.0 Å². The fourth-order valence-corrected chi connectivity index (χ4v) is 2.94. The Kier molecular flexibility index (Phi) is 5.35. The van der Waals surface area contributed by atoms with Gasteiger partial charge in [-0.3, -0.25) is 11.3 Å². The summed E-state index contributed by atoms with van der Waals surface area (Å²) in [5, 5.41) is 0.543. The minimum absolute atomic E-state index is 0.155. The number of piperazine rings is 1. The highest BCUT2D eigenvalue weighted by molar-refractivity contribution is 6.31. The van der Waals surface area contributed by atoms with Crippen molar-refractivity contribution in [3.63, 3.8) is 0 Å². The molecule has 112 valence electrons. The molecule has 1 aliphatic heterocycles. The summed E-state index contributed by atoms with van der Waals surface area (Å²) >= 11 is 6.17. The standard InChI is InChI=1S/C14H22ClFN4/c1-19-5-6-20(2)11(9-19)8-14(18-17)12-7-10(16)3-4-13(12)15/h3-4,7,11,14,18H,5-6,8-9,17H2,1-2H3. The minimum Gasteiger partial charge on any atom is -0.304 e. The smallest absolute Gasteiger partial charge is 0.123 e. The van der Waals surface area contributed by atoms with Crippen molar-refractivity contribution in [3.8, 4) is 0 Å². The molecular weight excluding hydrogens is 279 g/mol. The lowest BCUT2D eigenvalue weighted by Gasteiger charge is -2.39. The number of nitrogens with one attached hydrogen (secondary N) is 1. The number of hydrogen-bond acceptors (Lipinski definition) is 4. The Hall–Kier alpha value is -0.720. The van der Waals surface area contributed by atoms with Gasteiger partial charge in [0.25, 0.3) is 0 Å². The highest BCUT2D eigenvalue weighted by Gasteiger charge is 2.26. The molecule has 0 amide bonds. The molecule has 2 rings (SSSR count). The number of halogens is 2. The Morgan fingerprint density at radius 1 is 1.45 bits per heavy atom. The fraction of sp³-hybridized carbons (Fsp3) is 0.571. The number of hydrogen-bond donors (Lipinski definition) is 2. The molecule has 0 aromatic heterocycles. The summed E-state index contributed by atoms with van der Waals surface area (Å²) in [5.74, 6) is 5.37. The van der Waals surface area contributed by atoms with E-state index in [1.807, 2.05) is 0 Å². The zero-order valence-electron chi connectivity index (χ0n) is 11.9. The van der Waals surface area contributed by atoms with Crippen molar-refractivity contribution in [2.24, 2.45) is 5.84 Å². The minimum atomic E-state index is -0.293. The van der Waals surface area contributed by atoms with Gasteiger partial charge < -0.3 is 9.80 Å². The van der Waals surface area contributed by atoms with Gasteiger partial charge >= 0.3 is 0 Å². The molecule has 0 spiro atoms. The highest BCUT2D eigenvalue weighted by Crippen LogP contribution is 2.28. The third-order valence-electron chi connectivity index (χ3n) is 4.02. The molecule has 1 heterocycles. The van der Waals surface area contributed by atoms with Crippen molar-refractivity contribution < 1.29 is 4.39 Å². The maximum Gasteiger partial charge on any atom is 0.123 e. The second kappa shape index (κ2) is 6.83. The molecule has 1 fully saturated rings. The van der Waals surface area contributed by atoms with Crippen LogP contribution in [-0.2, 0) is 0 Å². The lowest BCUT2D eigenvalue weighted by atomic mass is 9.97. The second-order valence-electron chi connectivity index (χ2n) is 5.52. The molecule has 20 heavy (non-hydrogen) atoms. The van der Waals surface area contributed by atoms with Crippen LogP contribution in [0.4, 0.5) is 4.39 Å². The number of nitrogens with two attached hydrogens (primary N) is 1. The monoisotopic (exact) mass is 300 g/mol. The number of hydrazine groups is 1. The van der Waals surface area contributed by atoms with Crippen LogP contribution in [-0.4, -0.2) is 49.6 Å². The van der Waals surface area contributed by atoms with Gasteiger partial charge in [-0.2, -0.15) is 0 Å². The van der Waals surface area contributed by atoms with E-state index in [-0.39, 0.29) is 11.9 Å². The van der Waals surface area contributed by atoms with Crippen molar-refractivity contribution in [2.75, 3.05) is 33.7 Å². The summed E-state index contributed by atoms with van der Waals surface area (Å²) in [6.45, 7) is 3.06. The number of likely N-dealkylation sites (N-methyl/N-ethyl adjacent to an activating group) is 2. The molecular formula is C14H22ClFN4. The Morgan fingerprint density at radius 3 is 2.90 bits per heavy atom. The maximum atomic E-state index is 13.4. The van der Waals surface area contributed by atoms with Crippen molar-refractivity contribution in [1.82, 2.24) is 15.2 Å². The van der Waals surface area contributed by atoms with E-state index in [4.69, 9.17) is 17.4 Å². The van der Waals surface area contributed by atoms with Crippen LogP contribution in [0.5, 0.6) is 0 Å². The maximum absolute atomic E-state index is 13.4. The quantitative estimate of drug-likeness (QED) is 0.655. The lowest BCUT2D eigenvalue weighted by molar-refractivity contribution is 0.101. The first kappa shape index (κ1) is 15.7. The topological polar surface area (TPSA) is 44.5 Å². The van der Waals surface area contributed by atoms with Crippen LogP contribution in [0.15, 0.2) is 18.2 Å². The first-order valence-electron chi connectivity index (χ1n) is 6.81. The normalized spacial score (nSPS) is 22.9. The fourth-order valence-electron chi connectivity index (χ4n) is 2.69. The summed E-state index contributed by atoms with van der Waals surface area (Å²) in [5.41, 5.74) is 3.49. The van der Waals surface area contributed by atoms with Crippen LogP contribution in [0, 0.1) is 5.82 Å². The van der Waals surface area contributed by atoms with Crippen molar-refractivity contribution in [2.45, 2.75) is 18.5 Å². The van der Waals surface area contributed by atoms with Crippen LogP contribution in [0.25, 0.3) is 0 Å². The molecule has 3 N–H and O–H groups in total. The van der Waals surface area contributed by atoms with E-state index in [0.29, 0.717) is 11.1 Å². The second-order valence-corrected chi connectivity index (χ2v) is 5.92. The Labute approximate surface area is 124 Å².